The van der Waals surface area contributed by atoms with Gasteiger partial charge in [0.15, 0.2) is 0 Å². The van der Waals surface area contributed by atoms with Gasteiger partial charge in [-0.2, -0.15) is 0 Å². The summed E-state index contributed by atoms with van der Waals surface area (Å²) in [7, 11) is 1.60. The summed E-state index contributed by atoms with van der Waals surface area (Å²) in [5.74, 6) is 0. The molecule has 0 aliphatic carbocycles. The number of benzene rings is 1. The van der Waals surface area contributed by atoms with Crippen LogP contribution < -0.4 is 5.32 Å². The Bertz CT molecular complexity index is 539. The second-order valence-corrected chi connectivity index (χ2v) is 6.19. The van der Waals surface area contributed by atoms with Gasteiger partial charge in [-0.25, -0.2) is 4.98 Å². The van der Waals surface area contributed by atoms with Gasteiger partial charge in [-0.05, 0) is 19.9 Å². The van der Waals surface area contributed by atoms with Crippen LogP contribution in [0.3, 0.4) is 0 Å². The molecule has 0 saturated carbocycles. The Balaban J connectivity index is 1.79. The lowest BCUT2D eigenvalue weighted by molar-refractivity contribution is 0.0594. The first-order valence-electron chi connectivity index (χ1n) is 7.08. The molecule has 4 nitrogen and oxygen atoms in total. The minimum absolute atomic E-state index is 0.389. The Kier molecular flexibility index (Phi) is 6.32. The van der Waals surface area contributed by atoms with Crippen LogP contribution in [0.25, 0.3) is 10.6 Å². The van der Waals surface area contributed by atoms with Crippen molar-refractivity contribution in [3.63, 3.8) is 0 Å². The van der Waals surface area contributed by atoms with Crippen molar-refractivity contribution in [2.45, 2.75) is 26.0 Å². The van der Waals surface area contributed by atoms with Crippen molar-refractivity contribution < 1.29 is 9.84 Å². The first kappa shape index (κ1) is 16.1. The fourth-order valence-corrected chi connectivity index (χ4v) is 2.86. The van der Waals surface area contributed by atoms with Crippen LogP contribution >= 0.6 is 11.3 Å². The Morgan fingerprint density at radius 1 is 1.33 bits per heavy atom. The average molecular weight is 306 g/mol. The quantitative estimate of drug-likeness (QED) is 0.736. The van der Waals surface area contributed by atoms with E-state index in [-0.39, 0.29) is 0 Å². The second kappa shape index (κ2) is 8.24. The van der Waals surface area contributed by atoms with Gasteiger partial charge in [-0.3, -0.25) is 0 Å². The monoisotopic (exact) mass is 306 g/mol. The molecule has 0 bridgehead atoms. The van der Waals surface area contributed by atoms with Gasteiger partial charge in [0.05, 0.1) is 12.7 Å². The normalized spacial score (nSPS) is 12.5. The summed E-state index contributed by atoms with van der Waals surface area (Å²) in [4.78, 5) is 5.67. The third-order valence-corrected chi connectivity index (χ3v) is 4.21. The van der Waals surface area contributed by atoms with Gasteiger partial charge in [0.1, 0.15) is 5.01 Å². The van der Waals surface area contributed by atoms with E-state index in [4.69, 9.17) is 4.74 Å². The zero-order chi connectivity index (χ0) is 15.1. The highest BCUT2D eigenvalue weighted by molar-refractivity contribution is 7.15. The largest absolute Gasteiger partial charge is 0.391 e. The number of aliphatic hydroxyl groups is 1. The summed E-state index contributed by atoms with van der Waals surface area (Å²) >= 11 is 1.70. The van der Waals surface area contributed by atoms with E-state index in [1.54, 1.807) is 18.4 Å². The number of hydrogen-bond acceptors (Lipinski definition) is 5. The van der Waals surface area contributed by atoms with Gasteiger partial charge in [0.25, 0.3) is 0 Å². The van der Waals surface area contributed by atoms with Crippen molar-refractivity contribution in [2.24, 2.45) is 0 Å². The van der Waals surface area contributed by atoms with Crippen LogP contribution in [0.15, 0.2) is 30.5 Å². The Hall–Kier alpha value is -1.27. The van der Waals surface area contributed by atoms with E-state index in [0.29, 0.717) is 13.0 Å². The molecule has 1 aromatic heterocycles. The molecule has 114 valence electrons. The number of methoxy groups -OCH3 is 1. The number of aromatic nitrogens is 1. The number of aryl methyl sites for hydroxylation is 1. The number of ether oxygens (including phenoxy) is 1. The molecule has 0 fully saturated rings. The fourth-order valence-electron chi connectivity index (χ4n) is 1.97. The minimum Gasteiger partial charge on any atom is -0.391 e. The Labute approximate surface area is 129 Å². The molecule has 1 aromatic carbocycles. The van der Waals surface area contributed by atoms with Crippen molar-refractivity contribution >= 4 is 11.3 Å². The molecule has 0 saturated heterocycles. The molecule has 0 aliphatic heterocycles. The maximum atomic E-state index is 9.55. The van der Waals surface area contributed by atoms with Gasteiger partial charge in [0.2, 0.25) is 0 Å². The van der Waals surface area contributed by atoms with Crippen molar-refractivity contribution in [2.75, 3.05) is 20.3 Å². The predicted octanol–water partition coefficient (Wildman–Crippen LogP) is 2.61. The van der Waals surface area contributed by atoms with E-state index in [1.165, 1.54) is 10.4 Å². The Morgan fingerprint density at radius 2 is 2.10 bits per heavy atom. The molecular formula is C16H22N2O2S. The van der Waals surface area contributed by atoms with Gasteiger partial charge in [0, 0.05) is 30.3 Å². The summed E-state index contributed by atoms with van der Waals surface area (Å²) in [6, 6.07) is 8.41. The SMILES string of the molecule is COCC(O)CCNCc1cnc(-c2ccc(C)cc2)s1. The zero-order valence-corrected chi connectivity index (χ0v) is 13.3. The molecule has 0 aliphatic rings. The first-order chi connectivity index (χ1) is 10.2. The van der Waals surface area contributed by atoms with Crippen LogP contribution in [-0.4, -0.2) is 36.5 Å². The maximum Gasteiger partial charge on any atom is 0.123 e. The molecule has 2 rings (SSSR count). The highest BCUT2D eigenvalue weighted by Crippen LogP contribution is 2.25. The third kappa shape index (κ3) is 5.21. The van der Waals surface area contributed by atoms with Crippen LogP contribution in [0.5, 0.6) is 0 Å². The van der Waals surface area contributed by atoms with E-state index in [1.807, 2.05) is 6.20 Å². The molecule has 21 heavy (non-hydrogen) atoms. The number of rotatable bonds is 8. The fraction of sp³-hybridized carbons (Fsp3) is 0.438. The minimum atomic E-state index is -0.396. The van der Waals surface area contributed by atoms with Crippen LogP contribution in [-0.2, 0) is 11.3 Å². The molecular weight excluding hydrogens is 284 g/mol. The van der Waals surface area contributed by atoms with E-state index in [2.05, 4.69) is 41.5 Å². The highest BCUT2D eigenvalue weighted by Gasteiger charge is 2.05. The van der Waals surface area contributed by atoms with E-state index < -0.39 is 6.10 Å². The number of thiazole rings is 1. The molecule has 1 heterocycles. The zero-order valence-electron chi connectivity index (χ0n) is 12.5. The van der Waals surface area contributed by atoms with Crippen molar-refractivity contribution in [1.29, 1.82) is 0 Å². The number of aliphatic hydroxyl groups excluding tert-OH is 1. The summed E-state index contributed by atoms with van der Waals surface area (Å²) < 4.78 is 4.89. The van der Waals surface area contributed by atoms with E-state index >= 15 is 0 Å². The first-order valence-corrected chi connectivity index (χ1v) is 7.90. The second-order valence-electron chi connectivity index (χ2n) is 5.07. The van der Waals surface area contributed by atoms with Crippen LogP contribution in [0, 0.1) is 6.92 Å². The molecule has 5 heteroatoms. The van der Waals surface area contributed by atoms with Crippen LogP contribution in [0.1, 0.15) is 16.9 Å². The number of hydrogen-bond donors (Lipinski definition) is 2. The van der Waals surface area contributed by atoms with Crippen LogP contribution in [0.4, 0.5) is 0 Å². The van der Waals surface area contributed by atoms with Crippen molar-refractivity contribution in [3.05, 3.63) is 40.9 Å². The standard InChI is InChI=1S/C16H22N2O2S/c1-12-3-5-13(6-4-12)16-18-10-15(21-16)9-17-8-7-14(19)11-20-2/h3-6,10,14,17,19H,7-9,11H2,1-2H3. The molecule has 1 atom stereocenters. The van der Waals surface area contributed by atoms with E-state index in [9.17, 15) is 5.11 Å². The molecule has 0 amide bonds. The van der Waals surface area contributed by atoms with E-state index in [0.717, 1.165) is 23.7 Å². The van der Waals surface area contributed by atoms with Gasteiger partial charge < -0.3 is 15.2 Å². The lowest BCUT2D eigenvalue weighted by Gasteiger charge is -2.09. The molecule has 1 unspecified atom stereocenters. The number of nitrogens with one attached hydrogen (secondary N) is 1. The topological polar surface area (TPSA) is 54.4 Å². The summed E-state index contributed by atoms with van der Waals surface area (Å²) in [5, 5.41) is 13.9. The third-order valence-electron chi connectivity index (χ3n) is 3.16. The number of nitrogens with zero attached hydrogens (tertiary/aromatic N) is 1. The smallest absolute Gasteiger partial charge is 0.123 e. The lowest BCUT2D eigenvalue weighted by atomic mass is 10.2. The van der Waals surface area contributed by atoms with Gasteiger partial charge in [-0.15, -0.1) is 11.3 Å². The van der Waals surface area contributed by atoms with Gasteiger partial charge >= 0.3 is 0 Å². The van der Waals surface area contributed by atoms with Crippen molar-refractivity contribution in [3.8, 4) is 10.6 Å². The summed E-state index contributed by atoms with van der Waals surface area (Å²) in [5.41, 5.74) is 2.42. The average Bonchev–Trinajstić information content (AvgIpc) is 2.93. The molecule has 2 aromatic rings. The van der Waals surface area contributed by atoms with Gasteiger partial charge in [-0.1, -0.05) is 29.8 Å². The van der Waals surface area contributed by atoms with Crippen molar-refractivity contribution in [1.82, 2.24) is 10.3 Å². The molecule has 2 N–H and O–H groups in total. The molecule has 0 radical (unpaired) electrons. The predicted molar refractivity (Wildman–Crippen MR) is 86.5 cm³/mol. The Morgan fingerprint density at radius 3 is 2.81 bits per heavy atom. The summed E-state index contributed by atoms with van der Waals surface area (Å²) in [6.45, 7) is 4.02. The summed E-state index contributed by atoms with van der Waals surface area (Å²) in [6.07, 6.45) is 2.21. The highest BCUT2D eigenvalue weighted by atomic mass is 32.1. The van der Waals surface area contributed by atoms with Crippen LogP contribution in [0.2, 0.25) is 0 Å². The lowest BCUT2D eigenvalue weighted by Crippen LogP contribution is -2.22. The maximum absolute atomic E-state index is 9.55. The molecule has 0 spiro atoms.